The Hall–Kier alpha value is -0.990. The Morgan fingerprint density at radius 2 is 1.47 bits per heavy atom. The Labute approximate surface area is 89.1 Å². The summed E-state index contributed by atoms with van der Waals surface area (Å²) in [6, 6.07) is 5.64. The predicted molar refractivity (Wildman–Crippen MR) is 56.8 cm³/mol. The summed E-state index contributed by atoms with van der Waals surface area (Å²) in [5.74, 6) is 0. The second-order valence-corrected chi connectivity index (χ2v) is 3.22. The zero-order valence-electron chi connectivity index (χ0n) is 9.36. The van der Waals surface area contributed by atoms with E-state index in [-0.39, 0.29) is 0 Å². The summed E-state index contributed by atoms with van der Waals surface area (Å²) in [6.45, 7) is 5.96. The van der Waals surface area contributed by atoms with Gasteiger partial charge in [0.1, 0.15) is 0 Å². The second-order valence-electron chi connectivity index (χ2n) is 3.22. The molecule has 1 aromatic rings. The normalized spacial score (nSPS) is 10.5. The van der Waals surface area contributed by atoms with Crippen LogP contribution in [0.3, 0.4) is 0 Å². The fraction of sp³-hybridized carbons (Fsp3) is 0.500. The Kier molecular flexibility index (Phi) is 6.06. The molecule has 0 aliphatic carbocycles. The minimum Gasteiger partial charge on any atom is -0.166 e. The molecule has 1 rings (SSSR count). The van der Waals surface area contributed by atoms with E-state index in [1.807, 2.05) is 0 Å². The minimum absolute atomic E-state index is 0.352. The lowest BCUT2D eigenvalue weighted by atomic mass is 10.1. The molecule has 0 nitrogen and oxygen atoms in total. The van der Waals surface area contributed by atoms with Gasteiger partial charge >= 0.3 is 6.18 Å². The maximum atomic E-state index is 12.2. The minimum atomic E-state index is -4.22. The van der Waals surface area contributed by atoms with Gasteiger partial charge < -0.3 is 0 Å². The first kappa shape index (κ1) is 14.0. The summed E-state index contributed by atoms with van der Waals surface area (Å²) in [7, 11) is 0. The zero-order chi connectivity index (χ0) is 11.9. The van der Waals surface area contributed by atoms with Crippen molar-refractivity contribution in [2.75, 3.05) is 0 Å². The number of alkyl halides is 3. The molecule has 0 atom stereocenters. The van der Waals surface area contributed by atoms with E-state index < -0.39 is 11.7 Å². The van der Waals surface area contributed by atoms with Crippen LogP contribution in [0.15, 0.2) is 24.3 Å². The third-order valence-corrected chi connectivity index (χ3v) is 1.70. The number of benzene rings is 1. The molecule has 0 aliphatic heterocycles. The van der Waals surface area contributed by atoms with Gasteiger partial charge in [0.25, 0.3) is 0 Å². The molecule has 0 heterocycles. The number of halogens is 3. The van der Waals surface area contributed by atoms with Crippen LogP contribution < -0.4 is 0 Å². The van der Waals surface area contributed by atoms with E-state index in [9.17, 15) is 13.2 Å². The summed E-state index contributed by atoms with van der Waals surface area (Å²) < 4.78 is 36.7. The van der Waals surface area contributed by atoms with Gasteiger partial charge in [-0.3, -0.25) is 0 Å². The lowest BCUT2D eigenvalue weighted by molar-refractivity contribution is -0.138. The van der Waals surface area contributed by atoms with Crippen LogP contribution in [0.2, 0.25) is 0 Å². The van der Waals surface area contributed by atoms with Gasteiger partial charge in [0.05, 0.1) is 5.56 Å². The van der Waals surface area contributed by atoms with Crippen molar-refractivity contribution in [3.8, 4) is 0 Å². The predicted octanol–water partition coefficient (Wildman–Crippen LogP) is 4.68. The van der Waals surface area contributed by atoms with E-state index in [2.05, 4.69) is 13.8 Å². The molecule has 0 aromatic heterocycles. The molecular weight excluding hydrogens is 201 g/mol. The summed E-state index contributed by atoms with van der Waals surface area (Å²) in [4.78, 5) is 0. The first-order valence-corrected chi connectivity index (χ1v) is 5.12. The topological polar surface area (TPSA) is 0 Å². The largest absolute Gasteiger partial charge is 0.416 e. The van der Waals surface area contributed by atoms with Crippen molar-refractivity contribution in [1.82, 2.24) is 0 Å². The van der Waals surface area contributed by atoms with E-state index >= 15 is 0 Å². The molecule has 0 spiro atoms. The highest BCUT2D eigenvalue weighted by atomic mass is 19.4. The lowest BCUT2D eigenvalue weighted by Gasteiger charge is -2.10. The van der Waals surface area contributed by atoms with E-state index in [0.717, 1.165) is 6.07 Å². The maximum absolute atomic E-state index is 12.2. The fourth-order valence-corrected chi connectivity index (χ4v) is 1.11. The molecule has 0 radical (unpaired) electrons. The molecule has 0 N–H and O–H groups in total. The standard InChI is InChI=1S/C9H9F3.C3H8/c1-2-7-5-3-4-6-8(7)9(10,11)12;1-3-2/h3-6H,2H2,1H3;3H2,1-2H3. The van der Waals surface area contributed by atoms with Crippen LogP contribution in [0.25, 0.3) is 0 Å². The van der Waals surface area contributed by atoms with Gasteiger partial charge in [-0.1, -0.05) is 45.4 Å². The van der Waals surface area contributed by atoms with E-state index in [4.69, 9.17) is 0 Å². The van der Waals surface area contributed by atoms with Gasteiger partial charge in [0.15, 0.2) is 0 Å². The molecule has 15 heavy (non-hydrogen) atoms. The van der Waals surface area contributed by atoms with Crippen molar-refractivity contribution < 1.29 is 13.2 Å². The van der Waals surface area contributed by atoms with Crippen molar-refractivity contribution in [3.05, 3.63) is 35.4 Å². The van der Waals surface area contributed by atoms with Crippen LogP contribution in [0.4, 0.5) is 13.2 Å². The third-order valence-electron chi connectivity index (χ3n) is 1.70. The highest BCUT2D eigenvalue weighted by Crippen LogP contribution is 2.31. The number of hydrogen-bond acceptors (Lipinski definition) is 0. The van der Waals surface area contributed by atoms with E-state index in [1.165, 1.54) is 18.6 Å². The van der Waals surface area contributed by atoms with Gasteiger partial charge in [0, 0.05) is 0 Å². The first-order chi connectivity index (χ1) is 6.97. The van der Waals surface area contributed by atoms with Crippen LogP contribution in [0.1, 0.15) is 38.3 Å². The van der Waals surface area contributed by atoms with Gasteiger partial charge in [0.2, 0.25) is 0 Å². The zero-order valence-corrected chi connectivity index (χ0v) is 9.36. The van der Waals surface area contributed by atoms with E-state index in [0.29, 0.717) is 12.0 Å². The number of rotatable bonds is 1. The van der Waals surface area contributed by atoms with Crippen molar-refractivity contribution in [3.63, 3.8) is 0 Å². The molecule has 0 saturated carbocycles. The molecule has 3 heteroatoms. The van der Waals surface area contributed by atoms with Gasteiger partial charge in [-0.2, -0.15) is 13.2 Å². The molecule has 0 amide bonds. The Balaban J connectivity index is 0.000000583. The molecule has 0 fully saturated rings. The van der Waals surface area contributed by atoms with Crippen LogP contribution in [0.5, 0.6) is 0 Å². The van der Waals surface area contributed by atoms with Crippen molar-refractivity contribution in [2.45, 2.75) is 39.8 Å². The van der Waals surface area contributed by atoms with Crippen LogP contribution >= 0.6 is 0 Å². The maximum Gasteiger partial charge on any atom is 0.416 e. The SMILES string of the molecule is CCC.CCc1ccccc1C(F)(F)F. The molecule has 1 aromatic carbocycles. The third kappa shape index (κ3) is 4.86. The average molecular weight is 218 g/mol. The van der Waals surface area contributed by atoms with Crippen molar-refractivity contribution in [1.29, 1.82) is 0 Å². The smallest absolute Gasteiger partial charge is 0.166 e. The average Bonchev–Trinajstić information content (AvgIpc) is 2.18. The van der Waals surface area contributed by atoms with Crippen LogP contribution in [-0.4, -0.2) is 0 Å². The number of aryl methyl sites for hydroxylation is 1. The first-order valence-electron chi connectivity index (χ1n) is 5.12. The second kappa shape index (κ2) is 6.49. The lowest BCUT2D eigenvalue weighted by Crippen LogP contribution is -2.08. The highest BCUT2D eigenvalue weighted by molar-refractivity contribution is 5.29. The van der Waals surface area contributed by atoms with Crippen molar-refractivity contribution >= 4 is 0 Å². The Bertz CT molecular complexity index is 276. The Morgan fingerprint density at radius 3 is 1.80 bits per heavy atom. The summed E-state index contributed by atoms with van der Waals surface area (Å²) in [6.07, 6.45) is -2.55. The highest BCUT2D eigenvalue weighted by Gasteiger charge is 2.32. The molecule has 0 bridgehead atoms. The van der Waals surface area contributed by atoms with Crippen LogP contribution in [-0.2, 0) is 12.6 Å². The monoisotopic (exact) mass is 218 g/mol. The molecule has 0 saturated heterocycles. The quantitative estimate of drug-likeness (QED) is 0.641. The van der Waals surface area contributed by atoms with Gasteiger partial charge in [-0.15, -0.1) is 0 Å². The molecule has 0 aliphatic rings. The summed E-state index contributed by atoms with van der Waals surface area (Å²) in [5.41, 5.74) is -0.169. The molecular formula is C12H17F3. The van der Waals surface area contributed by atoms with Gasteiger partial charge in [-0.25, -0.2) is 0 Å². The van der Waals surface area contributed by atoms with Crippen molar-refractivity contribution in [2.24, 2.45) is 0 Å². The summed E-state index contributed by atoms with van der Waals surface area (Å²) >= 11 is 0. The Morgan fingerprint density at radius 1 is 1.00 bits per heavy atom. The van der Waals surface area contributed by atoms with Crippen LogP contribution in [0, 0.1) is 0 Å². The molecule has 86 valence electrons. The van der Waals surface area contributed by atoms with E-state index in [1.54, 1.807) is 13.0 Å². The number of hydrogen-bond donors (Lipinski definition) is 0. The fourth-order valence-electron chi connectivity index (χ4n) is 1.11. The summed E-state index contributed by atoms with van der Waals surface area (Å²) in [5, 5.41) is 0. The molecule has 0 unspecified atom stereocenters. The van der Waals surface area contributed by atoms with Gasteiger partial charge in [-0.05, 0) is 18.1 Å².